The number of rotatable bonds is 5. The third-order valence-corrected chi connectivity index (χ3v) is 6.30. The van der Waals surface area contributed by atoms with Gasteiger partial charge >= 0.3 is 0 Å². The molecule has 0 amide bonds. The molecule has 0 radical (unpaired) electrons. The van der Waals surface area contributed by atoms with Gasteiger partial charge in [0.1, 0.15) is 5.82 Å². The Morgan fingerprint density at radius 3 is 2.30 bits per heavy atom. The Hall–Kier alpha value is -2.19. The van der Waals surface area contributed by atoms with Crippen LogP contribution in [0.2, 0.25) is 0 Å². The molecule has 142 valence electrons. The number of nitrogens with zero attached hydrogens (tertiary/aromatic N) is 2. The van der Waals surface area contributed by atoms with Crippen LogP contribution in [0.1, 0.15) is 22.3 Å². The highest BCUT2D eigenvalue weighted by atomic mass is 79.9. The molecule has 0 fully saturated rings. The second kappa shape index (κ2) is 7.44. The standard InChI is InChI=1S/C19H19BrFN3O2S/c1-12-8-13(2)18(14(3)9-12)27(25,26)23-19-17(20)11-24(22-19)10-15-4-6-16(21)7-5-15/h4-9,11H,10H2,1-3H3,(H,22,23). The van der Waals surface area contributed by atoms with Gasteiger partial charge in [-0.1, -0.05) is 29.8 Å². The fraction of sp³-hybridized carbons (Fsp3) is 0.211. The average Bonchev–Trinajstić information content (AvgIpc) is 2.87. The summed E-state index contributed by atoms with van der Waals surface area (Å²) in [5.74, 6) is -0.103. The maximum Gasteiger partial charge on any atom is 0.263 e. The van der Waals surface area contributed by atoms with E-state index in [1.807, 2.05) is 19.1 Å². The number of hydrogen-bond acceptors (Lipinski definition) is 3. The highest BCUT2D eigenvalue weighted by molar-refractivity contribution is 9.10. The van der Waals surface area contributed by atoms with Crippen molar-refractivity contribution >= 4 is 31.8 Å². The third-order valence-electron chi connectivity index (χ3n) is 4.08. The lowest BCUT2D eigenvalue weighted by Gasteiger charge is -2.13. The summed E-state index contributed by atoms with van der Waals surface area (Å²) in [7, 11) is -3.78. The van der Waals surface area contributed by atoms with E-state index < -0.39 is 10.0 Å². The largest absolute Gasteiger partial charge is 0.265 e. The minimum absolute atomic E-state index is 0.205. The topological polar surface area (TPSA) is 64.0 Å². The Bertz CT molecular complexity index is 1070. The maximum atomic E-state index is 13.0. The molecule has 0 unspecified atom stereocenters. The number of aromatic nitrogens is 2. The zero-order chi connectivity index (χ0) is 19.8. The molecular weight excluding hydrogens is 433 g/mol. The molecule has 0 aliphatic rings. The number of benzene rings is 2. The molecule has 8 heteroatoms. The van der Waals surface area contributed by atoms with E-state index in [2.05, 4.69) is 25.8 Å². The van der Waals surface area contributed by atoms with Crippen molar-refractivity contribution in [3.63, 3.8) is 0 Å². The van der Waals surface area contributed by atoms with Crippen molar-refractivity contribution < 1.29 is 12.8 Å². The summed E-state index contributed by atoms with van der Waals surface area (Å²) in [6.45, 7) is 5.87. The van der Waals surface area contributed by atoms with Gasteiger partial charge in [-0.05, 0) is 65.5 Å². The lowest BCUT2D eigenvalue weighted by Crippen LogP contribution is -2.17. The van der Waals surface area contributed by atoms with Gasteiger partial charge in [0.2, 0.25) is 0 Å². The molecule has 1 N–H and O–H groups in total. The summed E-state index contributed by atoms with van der Waals surface area (Å²) in [4.78, 5) is 0.257. The Morgan fingerprint density at radius 2 is 1.70 bits per heavy atom. The fourth-order valence-corrected chi connectivity index (χ4v) is 5.11. The van der Waals surface area contributed by atoms with Gasteiger partial charge in [0.05, 0.1) is 15.9 Å². The molecule has 0 bridgehead atoms. The smallest absolute Gasteiger partial charge is 0.263 e. The van der Waals surface area contributed by atoms with Crippen molar-refractivity contribution in [2.75, 3.05) is 4.72 Å². The molecule has 1 heterocycles. The molecule has 27 heavy (non-hydrogen) atoms. The molecule has 1 aromatic heterocycles. The minimum atomic E-state index is -3.78. The molecule has 0 saturated heterocycles. The zero-order valence-electron chi connectivity index (χ0n) is 15.1. The molecule has 0 spiro atoms. The molecule has 0 atom stereocenters. The van der Waals surface area contributed by atoms with E-state index in [0.29, 0.717) is 22.1 Å². The summed E-state index contributed by atoms with van der Waals surface area (Å²) in [6, 6.07) is 9.75. The van der Waals surface area contributed by atoms with Crippen LogP contribution in [0.5, 0.6) is 0 Å². The molecule has 0 aliphatic carbocycles. The average molecular weight is 452 g/mol. The molecular formula is C19H19BrFN3O2S. The van der Waals surface area contributed by atoms with Gasteiger partial charge in [0.25, 0.3) is 10.0 Å². The first-order chi connectivity index (χ1) is 12.7. The van der Waals surface area contributed by atoms with E-state index in [-0.39, 0.29) is 16.5 Å². The van der Waals surface area contributed by atoms with Crippen LogP contribution >= 0.6 is 15.9 Å². The van der Waals surface area contributed by atoms with Crippen molar-refractivity contribution in [1.29, 1.82) is 0 Å². The van der Waals surface area contributed by atoms with Crippen LogP contribution in [0.25, 0.3) is 0 Å². The first-order valence-corrected chi connectivity index (χ1v) is 10.5. The monoisotopic (exact) mass is 451 g/mol. The van der Waals surface area contributed by atoms with E-state index in [9.17, 15) is 12.8 Å². The van der Waals surface area contributed by atoms with Gasteiger partial charge in [-0.3, -0.25) is 9.40 Å². The van der Waals surface area contributed by atoms with Crippen molar-refractivity contribution in [2.24, 2.45) is 0 Å². The van der Waals surface area contributed by atoms with Crippen LogP contribution in [-0.4, -0.2) is 18.2 Å². The predicted molar refractivity (Wildman–Crippen MR) is 107 cm³/mol. The first kappa shape index (κ1) is 19.6. The number of nitrogens with one attached hydrogen (secondary N) is 1. The van der Waals surface area contributed by atoms with Crippen LogP contribution in [-0.2, 0) is 16.6 Å². The number of halogens is 2. The number of sulfonamides is 1. The molecule has 3 aromatic rings. The lowest BCUT2D eigenvalue weighted by molar-refractivity contribution is 0.599. The molecule has 5 nitrogen and oxygen atoms in total. The summed E-state index contributed by atoms with van der Waals surface area (Å²) >= 11 is 3.35. The Balaban J connectivity index is 1.87. The van der Waals surface area contributed by atoms with Crippen LogP contribution < -0.4 is 4.72 Å². The van der Waals surface area contributed by atoms with Crippen molar-refractivity contribution in [1.82, 2.24) is 9.78 Å². The fourth-order valence-electron chi connectivity index (χ4n) is 3.09. The first-order valence-electron chi connectivity index (χ1n) is 8.24. The van der Waals surface area contributed by atoms with Crippen LogP contribution in [0.4, 0.5) is 10.2 Å². The van der Waals surface area contributed by atoms with Gasteiger partial charge in [-0.2, -0.15) is 5.10 Å². The molecule has 3 rings (SSSR count). The summed E-state index contributed by atoms with van der Waals surface area (Å²) in [6.07, 6.45) is 1.68. The lowest BCUT2D eigenvalue weighted by atomic mass is 10.1. The van der Waals surface area contributed by atoms with Crippen LogP contribution in [0.3, 0.4) is 0 Å². The second-order valence-electron chi connectivity index (χ2n) is 6.48. The van der Waals surface area contributed by atoms with Crippen LogP contribution in [0.15, 0.2) is 52.0 Å². The second-order valence-corrected chi connectivity index (χ2v) is 8.96. The normalized spacial score (nSPS) is 11.6. The van der Waals surface area contributed by atoms with E-state index in [0.717, 1.165) is 11.1 Å². The molecule has 2 aromatic carbocycles. The predicted octanol–water partition coefficient (Wildman–Crippen LogP) is 4.56. The van der Waals surface area contributed by atoms with E-state index in [1.165, 1.54) is 12.1 Å². The van der Waals surface area contributed by atoms with Gasteiger partial charge in [0.15, 0.2) is 5.82 Å². The molecule has 0 aliphatic heterocycles. The quantitative estimate of drug-likeness (QED) is 0.618. The third kappa shape index (κ3) is 4.39. The van der Waals surface area contributed by atoms with E-state index >= 15 is 0 Å². The number of aryl methyl sites for hydroxylation is 3. The van der Waals surface area contributed by atoms with Gasteiger partial charge in [-0.25, -0.2) is 12.8 Å². The van der Waals surface area contributed by atoms with Crippen molar-refractivity contribution in [3.05, 3.63) is 75.1 Å². The Morgan fingerprint density at radius 1 is 1.11 bits per heavy atom. The SMILES string of the molecule is Cc1cc(C)c(S(=O)(=O)Nc2nn(Cc3ccc(F)cc3)cc2Br)c(C)c1. The van der Waals surface area contributed by atoms with Gasteiger partial charge < -0.3 is 0 Å². The summed E-state index contributed by atoms with van der Waals surface area (Å²) in [5.41, 5.74) is 3.23. The highest BCUT2D eigenvalue weighted by Gasteiger charge is 2.22. The zero-order valence-corrected chi connectivity index (χ0v) is 17.5. The Labute approximate surface area is 166 Å². The maximum absolute atomic E-state index is 13.0. The highest BCUT2D eigenvalue weighted by Crippen LogP contribution is 2.27. The molecule has 0 saturated carbocycles. The number of hydrogen-bond donors (Lipinski definition) is 1. The Kier molecular flexibility index (Phi) is 5.39. The van der Waals surface area contributed by atoms with Crippen molar-refractivity contribution in [3.8, 4) is 0 Å². The number of anilines is 1. The van der Waals surface area contributed by atoms with Crippen molar-refractivity contribution in [2.45, 2.75) is 32.2 Å². The van der Waals surface area contributed by atoms with E-state index in [4.69, 9.17) is 0 Å². The minimum Gasteiger partial charge on any atom is -0.265 e. The summed E-state index contributed by atoms with van der Waals surface area (Å²) in [5, 5.41) is 4.30. The van der Waals surface area contributed by atoms with Gasteiger partial charge in [-0.15, -0.1) is 0 Å². The van der Waals surface area contributed by atoms with Gasteiger partial charge in [0, 0.05) is 6.20 Å². The summed E-state index contributed by atoms with van der Waals surface area (Å²) < 4.78 is 43.5. The van der Waals surface area contributed by atoms with E-state index in [1.54, 1.807) is 36.9 Å². The van der Waals surface area contributed by atoms with Crippen LogP contribution in [0, 0.1) is 26.6 Å².